The number of aromatic nitrogens is 1. The van der Waals surface area contributed by atoms with E-state index in [1.807, 2.05) is 12.1 Å². The van der Waals surface area contributed by atoms with Gasteiger partial charge < -0.3 is 10.6 Å². The van der Waals surface area contributed by atoms with Gasteiger partial charge in [-0.15, -0.1) is 0 Å². The van der Waals surface area contributed by atoms with Gasteiger partial charge in [0.2, 0.25) is 0 Å². The Morgan fingerprint density at radius 2 is 2.21 bits per heavy atom. The topological polar surface area (TPSA) is 42.2 Å². The van der Waals surface area contributed by atoms with E-state index < -0.39 is 0 Å². The lowest BCUT2D eigenvalue weighted by Crippen LogP contribution is -2.25. The molecular weight excluding hydrogens is 258 g/mol. The molecule has 2 aromatic rings. The Morgan fingerprint density at radius 3 is 2.95 bits per heavy atom. The monoisotopic (exact) mass is 273 g/mol. The zero-order valence-electron chi connectivity index (χ0n) is 10.8. The van der Waals surface area contributed by atoms with Crippen LogP contribution in [0.1, 0.15) is 18.1 Å². The molecule has 19 heavy (non-hydrogen) atoms. The zero-order valence-corrected chi connectivity index (χ0v) is 11.6. The number of hydrogen-bond acceptors (Lipinski definition) is 3. The molecule has 1 aromatic carbocycles. The Bertz CT molecular complexity index is 612. The third-order valence-corrected chi connectivity index (χ3v) is 3.83. The highest BCUT2D eigenvalue weighted by molar-refractivity contribution is 6.33. The number of para-hydroxylation sites is 1. The van der Waals surface area contributed by atoms with Gasteiger partial charge in [-0.2, -0.15) is 0 Å². The predicted molar refractivity (Wildman–Crippen MR) is 78.9 cm³/mol. The first-order valence-corrected chi connectivity index (χ1v) is 6.80. The maximum absolute atomic E-state index is 6.36. The summed E-state index contributed by atoms with van der Waals surface area (Å²) in [5.41, 5.74) is 9.11. The normalized spacial score (nSPS) is 17.6. The van der Waals surface area contributed by atoms with E-state index in [-0.39, 0.29) is 0 Å². The minimum absolute atomic E-state index is 0.367. The first-order valence-electron chi connectivity index (χ1n) is 6.42. The second kappa shape index (κ2) is 4.83. The van der Waals surface area contributed by atoms with Gasteiger partial charge in [0, 0.05) is 24.5 Å². The third kappa shape index (κ3) is 2.09. The summed E-state index contributed by atoms with van der Waals surface area (Å²) in [6.45, 7) is 2.65. The summed E-state index contributed by atoms with van der Waals surface area (Å²) >= 11 is 6.36. The molecule has 0 saturated carbocycles. The second-order valence-corrected chi connectivity index (χ2v) is 5.31. The van der Waals surface area contributed by atoms with E-state index in [1.165, 1.54) is 11.3 Å². The van der Waals surface area contributed by atoms with E-state index in [1.54, 1.807) is 6.20 Å². The Labute approximate surface area is 118 Å². The van der Waals surface area contributed by atoms with Crippen molar-refractivity contribution in [2.45, 2.75) is 25.9 Å². The maximum Gasteiger partial charge on any atom is 0.152 e. The summed E-state index contributed by atoms with van der Waals surface area (Å²) in [7, 11) is 0. The maximum atomic E-state index is 6.36. The fraction of sp³-hybridized carbons (Fsp3) is 0.267. The number of benzene rings is 1. The zero-order chi connectivity index (χ0) is 13.4. The standard InChI is InChI=1S/C15H16ClN3/c1-10-6-12-4-2-3-5-14(12)19(10)15-13(16)7-11(8-17)9-18-15/h2-5,7,9-10H,6,8,17H2,1H3. The van der Waals surface area contributed by atoms with E-state index in [4.69, 9.17) is 17.3 Å². The third-order valence-electron chi connectivity index (χ3n) is 3.55. The lowest BCUT2D eigenvalue weighted by molar-refractivity contribution is 0.750. The highest BCUT2D eigenvalue weighted by Crippen LogP contribution is 2.39. The van der Waals surface area contributed by atoms with Crippen LogP contribution in [0, 0.1) is 0 Å². The predicted octanol–water partition coefficient (Wildman–Crippen LogP) is 3.28. The number of halogens is 1. The number of anilines is 2. The summed E-state index contributed by atoms with van der Waals surface area (Å²) in [4.78, 5) is 6.70. The highest BCUT2D eigenvalue weighted by Gasteiger charge is 2.28. The largest absolute Gasteiger partial charge is 0.326 e. The summed E-state index contributed by atoms with van der Waals surface area (Å²) in [5, 5.41) is 0.659. The van der Waals surface area contributed by atoms with Crippen molar-refractivity contribution in [3.63, 3.8) is 0 Å². The molecule has 3 nitrogen and oxygen atoms in total. The molecule has 0 radical (unpaired) electrons. The Morgan fingerprint density at radius 1 is 1.42 bits per heavy atom. The van der Waals surface area contributed by atoms with Gasteiger partial charge >= 0.3 is 0 Å². The second-order valence-electron chi connectivity index (χ2n) is 4.90. The van der Waals surface area contributed by atoms with Crippen molar-refractivity contribution >= 4 is 23.1 Å². The fourth-order valence-electron chi connectivity index (χ4n) is 2.65. The van der Waals surface area contributed by atoms with Crippen LogP contribution >= 0.6 is 11.6 Å². The molecule has 0 bridgehead atoms. The number of hydrogen-bond donors (Lipinski definition) is 1. The van der Waals surface area contributed by atoms with Gasteiger partial charge in [0.05, 0.1) is 5.02 Å². The van der Waals surface area contributed by atoms with Crippen LogP contribution in [0.25, 0.3) is 0 Å². The van der Waals surface area contributed by atoms with E-state index in [9.17, 15) is 0 Å². The van der Waals surface area contributed by atoms with Crippen molar-refractivity contribution in [1.29, 1.82) is 0 Å². The number of nitrogens with zero attached hydrogens (tertiary/aromatic N) is 2. The summed E-state index contributed by atoms with van der Waals surface area (Å²) in [5.74, 6) is 0.816. The molecule has 0 saturated heterocycles. The molecule has 0 spiro atoms. The SMILES string of the molecule is CC1Cc2ccccc2N1c1ncc(CN)cc1Cl. The molecule has 2 heterocycles. The van der Waals surface area contributed by atoms with Crippen molar-refractivity contribution in [2.75, 3.05) is 4.90 Å². The van der Waals surface area contributed by atoms with Crippen LogP contribution in [0.5, 0.6) is 0 Å². The lowest BCUT2D eigenvalue weighted by atomic mass is 10.1. The highest BCUT2D eigenvalue weighted by atomic mass is 35.5. The van der Waals surface area contributed by atoms with Crippen molar-refractivity contribution in [1.82, 2.24) is 4.98 Å². The van der Waals surface area contributed by atoms with Gasteiger partial charge in [-0.3, -0.25) is 0 Å². The van der Waals surface area contributed by atoms with E-state index in [0.29, 0.717) is 17.6 Å². The van der Waals surface area contributed by atoms with Crippen LogP contribution in [0.15, 0.2) is 36.5 Å². The van der Waals surface area contributed by atoms with E-state index >= 15 is 0 Å². The van der Waals surface area contributed by atoms with Gasteiger partial charge in [0.15, 0.2) is 5.82 Å². The quantitative estimate of drug-likeness (QED) is 0.913. The molecule has 0 fully saturated rings. The van der Waals surface area contributed by atoms with Crippen LogP contribution in [-0.2, 0) is 13.0 Å². The summed E-state index contributed by atoms with van der Waals surface area (Å²) < 4.78 is 0. The average Bonchev–Trinajstić information content (AvgIpc) is 2.75. The summed E-state index contributed by atoms with van der Waals surface area (Å²) in [6, 6.07) is 10.7. The molecule has 1 atom stereocenters. The molecule has 2 N–H and O–H groups in total. The fourth-order valence-corrected chi connectivity index (χ4v) is 2.93. The first-order chi connectivity index (χ1) is 9.20. The molecule has 3 rings (SSSR count). The van der Waals surface area contributed by atoms with Crippen LogP contribution in [-0.4, -0.2) is 11.0 Å². The van der Waals surface area contributed by atoms with Gasteiger partial charge in [-0.1, -0.05) is 29.8 Å². The number of nitrogens with two attached hydrogens (primary N) is 1. The van der Waals surface area contributed by atoms with Crippen molar-refractivity contribution < 1.29 is 0 Å². The molecule has 0 amide bonds. The molecule has 4 heteroatoms. The van der Waals surface area contributed by atoms with Crippen molar-refractivity contribution in [3.05, 3.63) is 52.7 Å². The molecule has 1 unspecified atom stereocenters. The molecule has 0 aliphatic carbocycles. The minimum Gasteiger partial charge on any atom is -0.326 e. The average molecular weight is 274 g/mol. The summed E-state index contributed by atoms with van der Waals surface area (Å²) in [6.07, 6.45) is 2.82. The Balaban J connectivity index is 2.07. The molecule has 1 aromatic heterocycles. The minimum atomic E-state index is 0.367. The van der Waals surface area contributed by atoms with Crippen LogP contribution in [0.2, 0.25) is 5.02 Å². The van der Waals surface area contributed by atoms with E-state index in [2.05, 4.69) is 35.0 Å². The number of fused-ring (bicyclic) bond motifs is 1. The van der Waals surface area contributed by atoms with Crippen LogP contribution in [0.4, 0.5) is 11.5 Å². The van der Waals surface area contributed by atoms with Crippen molar-refractivity contribution in [2.24, 2.45) is 5.73 Å². The van der Waals surface area contributed by atoms with Gasteiger partial charge in [-0.25, -0.2) is 4.98 Å². The molecule has 1 aliphatic heterocycles. The Hall–Kier alpha value is -1.58. The molecule has 1 aliphatic rings. The smallest absolute Gasteiger partial charge is 0.152 e. The Kier molecular flexibility index (Phi) is 3.17. The number of rotatable bonds is 2. The first kappa shape index (κ1) is 12.5. The van der Waals surface area contributed by atoms with Crippen LogP contribution < -0.4 is 10.6 Å². The van der Waals surface area contributed by atoms with Gasteiger partial charge in [-0.05, 0) is 36.6 Å². The lowest BCUT2D eigenvalue weighted by Gasteiger charge is -2.25. The van der Waals surface area contributed by atoms with E-state index in [0.717, 1.165) is 17.8 Å². The number of pyridine rings is 1. The van der Waals surface area contributed by atoms with Gasteiger partial charge in [0.1, 0.15) is 0 Å². The van der Waals surface area contributed by atoms with Crippen molar-refractivity contribution in [3.8, 4) is 0 Å². The van der Waals surface area contributed by atoms with Crippen LogP contribution in [0.3, 0.4) is 0 Å². The molecular formula is C15H16ClN3. The van der Waals surface area contributed by atoms with Gasteiger partial charge in [0.25, 0.3) is 0 Å². The molecule has 98 valence electrons.